The molecule has 0 aliphatic heterocycles. The number of phosphoric acid groups is 1. The smallest absolute Gasteiger partial charge is 0.462 e. The SMILES string of the molecule is CCCCCCCC/C=C/CCCCCCCCCC(=O)OC[C@H](COP(=O)(O)O)OC(=O)CC/C=C/CCCCCCCCCCCCC. The summed E-state index contributed by atoms with van der Waals surface area (Å²) >= 11 is 0. The second kappa shape index (κ2) is 37.3. The van der Waals surface area contributed by atoms with Crippen LogP contribution in [-0.2, 0) is 28.2 Å². The molecule has 0 radical (unpaired) electrons. The van der Waals surface area contributed by atoms with E-state index in [1.54, 1.807) is 0 Å². The highest BCUT2D eigenvalue weighted by Gasteiger charge is 2.22. The lowest BCUT2D eigenvalue weighted by atomic mass is 10.1. The van der Waals surface area contributed by atoms with Crippen molar-refractivity contribution >= 4 is 19.8 Å². The molecule has 294 valence electrons. The summed E-state index contributed by atoms with van der Waals surface area (Å²) in [6.07, 6.45) is 42.0. The Bertz CT molecular complexity index is 869. The molecule has 0 aromatic heterocycles. The van der Waals surface area contributed by atoms with Crippen molar-refractivity contribution in [3.05, 3.63) is 24.3 Å². The van der Waals surface area contributed by atoms with Gasteiger partial charge >= 0.3 is 19.8 Å². The molecule has 2 N–H and O–H groups in total. The molecule has 0 aromatic rings. The summed E-state index contributed by atoms with van der Waals surface area (Å²) in [7, 11) is -4.76. The summed E-state index contributed by atoms with van der Waals surface area (Å²) < 4.78 is 26.3. The van der Waals surface area contributed by atoms with Crippen LogP contribution in [0.4, 0.5) is 0 Å². The molecule has 0 aliphatic carbocycles. The Morgan fingerprint density at radius 3 is 1.30 bits per heavy atom. The van der Waals surface area contributed by atoms with Crippen molar-refractivity contribution in [2.45, 2.75) is 213 Å². The zero-order chi connectivity index (χ0) is 36.8. The average Bonchev–Trinajstić information content (AvgIpc) is 3.08. The molecule has 0 unspecified atom stereocenters. The van der Waals surface area contributed by atoms with Crippen LogP contribution in [0.1, 0.15) is 206 Å². The number of hydrogen-bond donors (Lipinski definition) is 2. The number of ether oxygens (including phenoxy) is 2. The topological polar surface area (TPSA) is 119 Å². The van der Waals surface area contributed by atoms with Crippen LogP contribution >= 0.6 is 7.82 Å². The summed E-state index contributed by atoms with van der Waals surface area (Å²) in [6.45, 7) is 3.66. The van der Waals surface area contributed by atoms with E-state index in [9.17, 15) is 14.2 Å². The Hall–Kier alpha value is -1.47. The fourth-order valence-electron chi connectivity index (χ4n) is 5.86. The summed E-state index contributed by atoms with van der Waals surface area (Å²) in [6, 6.07) is 0. The van der Waals surface area contributed by atoms with Crippen molar-refractivity contribution in [3.63, 3.8) is 0 Å². The minimum atomic E-state index is -4.76. The van der Waals surface area contributed by atoms with Gasteiger partial charge in [0.1, 0.15) is 6.61 Å². The first-order chi connectivity index (χ1) is 24.3. The number of rotatable bonds is 38. The molecule has 0 rings (SSSR count). The Morgan fingerprint density at radius 2 is 0.880 bits per heavy atom. The predicted molar refractivity (Wildman–Crippen MR) is 207 cm³/mol. The fourth-order valence-corrected chi connectivity index (χ4v) is 6.22. The van der Waals surface area contributed by atoms with E-state index in [4.69, 9.17) is 19.3 Å². The van der Waals surface area contributed by atoms with Crippen LogP contribution in [0.2, 0.25) is 0 Å². The fraction of sp³-hybridized carbons (Fsp3) is 0.854. The van der Waals surface area contributed by atoms with Gasteiger partial charge in [-0.25, -0.2) is 4.57 Å². The maximum absolute atomic E-state index is 12.4. The van der Waals surface area contributed by atoms with Gasteiger partial charge in [0.15, 0.2) is 6.10 Å². The maximum atomic E-state index is 12.4. The summed E-state index contributed by atoms with van der Waals surface area (Å²) in [4.78, 5) is 42.8. The van der Waals surface area contributed by atoms with Gasteiger partial charge in [0.25, 0.3) is 0 Å². The monoisotopic (exact) mass is 729 g/mol. The molecule has 0 fully saturated rings. The van der Waals surface area contributed by atoms with Gasteiger partial charge in [-0.1, -0.05) is 167 Å². The highest BCUT2D eigenvalue weighted by Crippen LogP contribution is 2.36. The Morgan fingerprint density at radius 1 is 0.500 bits per heavy atom. The van der Waals surface area contributed by atoms with Crippen molar-refractivity contribution in [2.24, 2.45) is 0 Å². The normalized spacial score (nSPS) is 12.6. The van der Waals surface area contributed by atoms with Gasteiger partial charge in [0.2, 0.25) is 0 Å². The van der Waals surface area contributed by atoms with Crippen molar-refractivity contribution in [1.29, 1.82) is 0 Å². The van der Waals surface area contributed by atoms with Gasteiger partial charge in [0, 0.05) is 12.8 Å². The molecule has 8 nitrogen and oxygen atoms in total. The minimum Gasteiger partial charge on any atom is -0.462 e. The molecule has 0 bridgehead atoms. The van der Waals surface area contributed by atoms with Gasteiger partial charge in [-0.15, -0.1) is 0 Å². The first-order valence-corrected chi connectivity index (χ1v) is 22.2. The molecule has 0 spiro atoms. The molecule has 9 heteroatoms. The van der Waals surface area contributed by atoms with E-state index in [-0.39, 0.29) is 19.4 Å². The standard InChI is InChI=1S/C41H77O8P/c1-3-5-7-9-11-13-15-17-19-20-22-23-25-27-29-31-33-35-40(42)47-37-39(38-48-50(44,45)46)49-41(43)36-34-32-30-28-26-24-21-18-16-14-12-10-8-6-4-2/h17,19,30,32,39H,3-16,18,20-29,31,33-38H2,1-2H3,(H2,44,45,46)/b19-17+,32-30+/t39-/m1/s1. The number of carbonyl (C=O) groups excluding carboxylic acids is 2. The number of phosphoric ester groups is 1. The van der Waals surface area contributed by atoms with E-state index in [1.807, 2.05) is 6.08 Å². The van der Waals surface area contributed by atoms with Gasteiger partial charge in [-0.2, -0.15) is 0 Å². The maximum Gasteiger partial charge on any atom is 0.469 e. The van der Waals surface area contributed by atoms with E-state index in [0.717, 1.165) is 44.9 Å². The van der Waals surface area contributed by atoms with Crippen molar-refractivity contribution in [1.82, 2.24) is 0 Å². The van der Waals surface area contributed by atoms with E-state index < -0.39 is 32.5 Å². The second-order valence-electron chi connectivity index (χ2n) is 14.0. The van der Waals surface area contributed by atoms with E-state index in [1.165, 1.54) is 128 Å². The zero-order valence-electron chi connectivity index (χ0n) is 32.3. The number of allylic oxidation sites excluding steroid dienone is 4. The van der Waals surface area contributed by atoms with E-state index >= 15 is 0 Å². The molecule has 1 atom stereocenters. The molecule has 0 saturated carbocycles. The Labute approximate surface area is 307 Å². The highest BCUT2D eigenvalue weighted by atomic mass is 31.2. The van der Waals surface area contributed by atoms with Crippen LogP contribution in [0.25, 0.3) is 0 Å². The van der Waals surface area contributed by atoms with Crippen LogP contribution in [-0.4, -0.2) is 41.0 Å². The largest absolute Gasteiger partial charge is 0.469 e. The third-order valence-electron chi connectivity index (χ3n) is 8.96. The predicted octanol–water partition coefficient (Wildman–Crippen LogP) is 12.4. The average molecular weight is 729 g/mol. The zero-order valence-corrected chi connectivity index (χ0v) is 33.2. The van der Waals surface area contributed by atoms with Gasteiger partial charge < -0.3 is 19.3 Å². The Kier molecular flexibility index (Phi) is 36.2. The second-order valence-corrected chi connectivity index (χ2v) is 15.2. The van der Waals surface area contributed by atoms with Crippen LogP contribution in [0.3, 0.4) is 0 Å². The van der Waals surface area contributed by atoms with E-state index in [2.05, 4.69) is 36.6 Å². The lowest BCUT2D eigenvalue weighted by Gasteiger charge is -2.18. The first-order valence-electron chi connectivity index (χ1n) is 20.6. The van der Waals surface area contributed by atoms with E-state index in [0.29, 0.717) is 6.42 Å². The number of esters is 2. The first kappa shape index (κ1) is 48.5. The third-order valence-corrected chi connectivity index (χ3v) is 9.44. The van der Waals surface area contributed by atoms with Crippen LogP contribution in [0, 0.1) is 0 Å². The lowest BCUT2D eigenvalue weighted by Crippen LogP contribution is -2.29. The minimum absolute atomic E-state index is 0.130. The van der Waals surface area contributed by atoms with Crippen LogP contribution in [0.5, 0.6) is 0 Å². The highest BCUT2D eigenvalue weighted by molar-refractivity contribution is 7.46. The van der Waals surface area contributed by atoms with Crippen LogP contribution in [0.15, 0.2) is 24.3 Å². The molecular weight excluding hydrogens is 651 g/mol. The Balaban J connectivity index is 3.95. The molecule has 0 heterocycles. The molecule has 0 aromatic carbocycles. The molecule has 0 saturated heterocycles. The van der Waals surface area contributed by atoms with Gasteiger partial charge in [-0.05, 0) is 51.4 Å². The summed E-state index contributed by atoms with van der Waals surface area (Å²) in [5.41, 5.74) is 0. The molecule has 0 aliphatic rings. The lowest BCUT2D eigenvalue weighted by molar-refractivity contribution is -0.161. The molecule has 0 amide bonds. The van der Waals surface area contributed by atoms with Gasteiger partial charge in [-0.3, -0.25) is 14.1 Å². The van der Waals surface area contributed by atoms with Crippen molar-refractivity contribution < 1.29 is 37.9 Å². The summed E-state index contributed by atoms with van der Waals surface area (Å²) in [5, 5.41) is 0. The molecular formula is C41H77O8P. The van der Waals surface area contributed by atoms with Crippen molar-refractivity contribution in [3.8, 4) is 0 Å². The third kappa shape index (κ3) is 39.3. The number of hydrogen-bond acceptors (Lipinski definition) is 6. The summed E-state index contributed by atoms with van der Waals surface area (Å²) in [5.74, 6) is -0.941. The number of unbranched alkanes of at least 4 members (excludes halogenated alkanes) is 24. The molecule has 50 heavy (non-hydrogen) atoms. The van der Waals surface area contributed by atoms with Gasteiger partial charge in [0.05, 0.1) is 6.61 Å². The quantitative estimate of drug-likeness (QED) is 0.0279. The van der Waals surface area contributed by atoms with Crippen molar-refractivity contribution in [2.75, 3.05) is 13.2 Å². The number of carbonyl (C=O) groups is 2. The van der Waals surface area contributed by atoms with Crippen LogP contribution < -0.4 is 0 Å².